The van der Waals surface area contributed by atoms with Crippen molar-refractivity contribution in [1.82, 2.24) is 0 Å². The van der Waals surface area contributed by atoms with Gasteiger partial charge in [0.1, 0.15) is 42.2 Å². The molecule has 5 atom stereocenters. The zero-order valence-corrected chi connectivity index (χ0v) is 22.4. The van der Waals surface area contributed by atoms with Gasteiger partial charge in [0.25, 0.3) is 0 Å². The summed E-state index contributed by atoms with van der Waals surface area (Å²) >= 11 is 0. The molecule has 2 aliphatic carbocycles. The maximum Gasteiger partial charge on any atom is 0.197 e. The Morgan fingerprint density at radius 1 is 0.711 bits per heavy atom. The quantitative estimate of drug-likeness (QED) is 0.455. The van der Waals surface area contributed by atoms with Crippen molar-refractivity contribution in [3.63, 3.8) is 0 Å². The van der Waals surface area contributed by atoms with Crippen LogP contribution < -0.4 is 14.2 Å². The minimum atomic E-state index is -1.21. The first kappa shape index (κ1) is 27.3. The number of benzene rings is 2. The Morgan fingerprint density at radius 3 is 1.92 bits per heavy atom. The van der Waals surface area contributed by atoms with Crippen LogP contribution >= 0.6 is 0 Å². The summed E-state index contributed by atoms with van der Waals surface area (Å²) in [6.07, 6.45) is 7.66. The molecule has 1 saturated heterocycles. The second-order valence-corrected chi connectivity index (χ2v) is 10.9. The van der Waals surface area contributed by atoms with Gasteiger partial charge in [-0.3, -0.25) is 0 Å². The number of aliphatic hydroxyl groups excluding tert-OH is 2. The fourth-order valence-corrected chi connectivity index (χ4v) is 5.94. The largest absolute Gasteiger partial charge is 0.491 e. The van der Waals surface area contributed by atoms with E-state index in [4.69, 9.17) is 23.7 Å². The van der Waals surface area contributed by atoms with E-state index in [1.807, 2.05) is 24.3 Å². The molecule has 2 aromatic rings. The number of methoxy groups -OCH3 is 1. The van der Waals surface area contributed by atoms with Crippen molar-refractivity contribution >= 4 is 0 Å². The van der Waals surface area contributed by atoms with Crippen molar-refractivity contribution < 1.29 is 33.9 Å². The Labute approximate surface area is 226 Å². The molecule has 1 aliphatic heterocycles. The van der Waals surface area contributed by atoms with E-state index in [1.54, 1.807) is 12.1 Å². The first-order valence-electron chi connectivity index (χ1n) is 14.3. The molecule has 2 aromatic carbocycles. The minimum Gasteiger partial charge on any atom is -0.491 e. The summed E-state index contributed by atoms with van der Waals surface area (Å²) < 4.78 is 29.5. The fraction of sp³-hybridized carbons (Fsp3) is 0.613. The molecule has 3 aliphatic rings. The molecule has 7 nitrogen and oxygen atoms in total. The molecule has 38 heavy (non-hydrogen) atoms. The third-order valence-corrected chi connectivity index (χ3v) is 8.20. The maximum absolute atomic E-state index is 10.9. The van der Waals surface area contributed by atoms with E-state index >= 15 is 0 Å². The van der Waals surface area contributed by atoms with Crippen molar-refractivity contribution in [1.29, 1.82) is 0 Å². The SMILES string of the molecule is CO[C@H]1O[C@H](COc2ccc(C3CCCCC3)cc2)[C@@H](O)[C@H](O)[C@H]1Oc1ccc(OC2CCCCC2)cc1. The van der Waals surface area contributed by atoms with Crippen LogP contribution in [0.5, 0.6) is 17.2 Å². The average Bonchev–Trinajstić information content (AvgIpc) is 2.97. The zero-order chi connectivity index (χ0) is 26.3. The van der Waals surface area contributed by atoms with E-state index in [2.05, 4.69) is 12.1 Å². The minimum absolute atomic E-state index is 0.0841. The van der Waals surface area contributed by atoms with Crippen molar-refractivity contribution in [3.05, 3.63) is 54.1 Å². The van der Waals surface area contributed by atoms with Gasteiger partial charge in [0.05, 0.1) is 6.10 Å². The summed E-state index contributed by atoms with van der Waals surface area (Å²) in [7, 11) is 1.49. The lowest BCUT2D eigenvalue weighted by molar-refractivity contribution is -0.287. The van der Waals surface area contributed by atoms with E-state index in [9.17, 15) is 10.2 Å². The van der Waals surface area contributed by atoms with Gasteiger partial charge in [0.15, 0.2) is 12.4 Å². The van der Waals surface area contributed by atoms with Gasteiger partial charge in [-0.1, -0.05) is 37.8 Å². The van der Waals surface area contributed by atoms with Crippen LogP contribution in [0.1, 0.15) is 75.7 Å². The Hall–Kier alpha value is -2.32. The van der Waals surface area contributed by atoms with Crippen LogP contribution in [0.3, 0.4) is 0 Å². The van der Waals surface area contributed by atoms with Crippen LogP contribution in [0.2, 0.25) is 0 Å². The molecule has 0 bridgehead atoms. The number of hydrogen-bond donors (Lipinski definition) is 2. The third-order valence-electron chi connectivity index (χ3n) is 8.20. The van der Waals surface area contributed by atoms with E-state index < -0.39 is 30.7 Å². The van der Waals surface area contributed by atoms with Crippen molar-refractivity contribution in [2.75, 3.05) is 13.7 Å². The molecular formula is C31H42O7. The zero-order valence-electron chi connectivity index (χ0n) is 22.4. The van der Waals surface area contributed by atoms with Gasteiger partial charge in [-0.05, 0) is 86.4 Å². The lowest BCUT2D eigenvalue weighted by Gasteiger charge is -2.41. The molecule has 7 heteroatoms. The van der Waals surface area contributed by atoms with Gasteiger partial charge in [0.2, 0.25) is 0 Å². The molecule has 0 radical (unpaired) electrons. The topological polar surface area (TPSA) is 86.6 Å². The van der Waals surface area contributed by atoms with Crippen molar-refractivity contribution in [3.8, 4) is 17.2 Å². The summed E-state index contributed by atoms with van der Waals surface area (Å²) in [5.74, 6) is 2.68. The van der Waals surface area contributed by atoms with Crippen LogP contribution in [0, 0.1) is 0 Å². The smallest absolute Gasteiger partial charge is 0.197 e. The highest BCUT2D eigenvalue weighted by Crippen LogP contribution is 2.34. The van der Waals surface area contributed by atoms with Crippen molar-refractivity contribution in [2.24, 2.45) is 0 Å². The fourth-order valence-electron chi connectivity index (χ4n) is 5.94. The van der Waals surface area contributed by atoms with Gasteiger partial charge >= 0.3 is 0 Å². The Morgan fingerprint density at radius 2 is 1.29 bits per heavy atom. The highest BCUT2D eigenvalue weighted by atomic mass is 16.7. The normalized spacial score (nSPS) is 29.1. The molecule has 2 saturated carbocycles. The molecule has 208 valence electrons. The predicted octanol–water partition coefficient (Wildman–Crippen LogP) is 5.37. The van der Waals surface area contributed by atoms with Crippen LogP contribution in [-0.2, 0) is 9.47 Å². The number of rotatable bonds is 9. The van der Waals surface area contributed by atoms with Crippen LogP contribution in [0.25, 0.3) is 0 Å². The lowest BCUT2D eigenvalue weighted by Crippen LogP contribution is -2.61. The summed E-state index contributed by atoms with van der Waals surface area (Å²) in [6, 6.07) is 15.5. The molecule has 3 fully saturated rings. The summed E-state index contributed by atoms with van der Waals surface area (Å²) in [5, 5.41) is 21.7. The standard InChI is InChI=1S/C31H42O7/c1-34-31-30(37-26-18-16-25(17-19-26)36-24-10-6-3-7-11-24)29(33)28(32)27(38-31)20-35-23-14-12-22(13-15-23)21-8-4-2-5-9-21/h12-19,21,24,27-33H,2-11,20H2,1H3/t27-,28-,29+,30-,31+/m1/s1. The third kappa shape index (κ3) is 6.81. The average molecular weight is 527 g/mol. The Kier molecular flexibility index (Phi) is 9.44. The molecule has 1 heterocycles. The first-order valence-corrected chi connectivity index (χ1v) is 14.3. The predicted molar refractivity (Wildman–Crippen MR) is 144 cm³/mol. The van der Waals surface area contributed by atoms with Crippen LogP contribution in [-0.4, -0.2) is 60.7 Å². The molecule has 5 rings (SSSR count). The number of hydrogen-bond acceptors (Lipinski definition) is 7. The first-order chi connectivity index (χ1) is 18.6. The summed E-state index contributed by atoms with van der Waals surface area (Å²) in [5.41, 5.74) is 1.36. The van der Waals surface area contributed by atoms with Crippen LogP contribution in [0.4, 0.5) is 0 Å². The monoisotopic (exact) mass is 526 g/mol. The molecular weight excluding hydrogens is 484 g/mol. The second-order valence-electron chi connectivity index (χ2n) is 10.9. The van der Waals surface area contributed by atoms with Gasteiger partial charge < -0.3 is 33.9 Å². The molecule has 0 amide bonds. The number of ether oxygens (including phenoxy) is 5. The van der Waals surface area contributed by atoms with Crippen LogP contribution in [0.15, 0.2) is 48.5 Å². The van der Waals surface area contributed by atoms with E-state index in [1.165, 1.54) is 64.0 Å². The van der Waals surface area contributed by atoms with Gasteiger partial charge in [0, 0.05) is 7.11 Å². The maximum atomic E-state index is 10.9. The van der Waals surface area contributed by atoms with E-state index in [0.29, 0.717) is 17.4 Å². The van der Waals surface area contributed by atoms with Gasteiger partial charge in [-0.15, -0.1) is 0 Å². The highest BCUT2D eigenvalue weighted by molar-refractivity contribution is 5.32. The van der Waals surface area contributed by atoms with Crippen molar-refractivity contribution in [2.45, 2.75) is 107 Å². The summed E-state index contributed by atoms with van der Waals surface area (Å²) in [4.78, 5) is 0. The number of aliphatic hydroxyl groups is 2. The van der Waals surface area contributed by atoms with E-state index in [-0.39, 0.29) is 12.7 Å². The molecule has 2 N–H and O–H groups in total. The summed E-state index contributed by atoms with van der Waals surface area (Å²) in [6.45, 7) is 0.0841. The molecule has 0 aromatic heterocycles. The molecule has 0 spiro atoms. The highest BCUT2D eigenvalue weighted by Gasteiger charge is 2.46. The van der Waals surface area contributed by atoms with Gasteiger partial charge in [-0.25, -0.2) is 0 Å². The molecule has 0 unspecified atom stereocenters. The Balaban J connectivity index is 1.14. The van der Waals surface area contributed by atoms with E-state index in [0.717, 1.165) is 18.6 Å². The lowest BCUT2D eigenvalue weighted by atomic mass is 9.84. The Bertz CT molecular complexity index is 965. The van der Waals surface area contributed by atoms with Gasteiger partial charge in [-0.2, -0.15) is 0 Å². The second kappa shape index (κ2) is 13.2.